The second kappa shape index (κ2) is 6.97. The molecule has 0 bridgehead atoms. The molecule has 5 rings (SSSR count). The lowest BCUT2D eigenvalue weighted by Crippen LogP contribution is -2.54. The Kier molecular flexibility index (Phi) is 4.72. The lowest BCUT2D eigenvalue weighted by atomic mass is 9.49. The number of nitrogens with one attached hydrogen (secondary N) is 1. The third-order valence-electron chi connectivity index (χ3n) is 9.85. The molecule has 2 amide bonds. The van der Waals surface area contributed by atoms with Gasteiger partial charge in [-0.1, -0.05) is 26.0 Å². The Bertz CT molecular complexity index is 819. The van der Waals surface area contributed by atoms with Crippen molar-refractivity contribution in [1.29, 1.82) is 0 Å². The van der Waals surface area contributed by atoms with E-state index in [1.807, 2.05) is 0 Å². The molecule has 0 radical (unpaired) electrons. The van der Waals surface area contributed by atoms with Gasteiger partial charge in [0.25, 0.3) is 5.91 Å². The van der Waals surface area contributed by atoms with Crippen molar-refractivity contribution in [3.63, 3.8) is 0 Å². The fourth-order valence-corrected chi connectivity index (χ4v) is 8.05. The normalized spacial score (nSPS) is 45.5. The molecule has 1 saturated carbocycles. The van der Waals surface area contributed by atoms with Crippen molar-refractivity contribution in [1.82, 2.24) is 10.2 Å². The first-order chi connectivity index (χ1) is 14.3. The average Bonchev–Trinajstić information content (AvgIpc) is 3.05. The topological polar surface area (TPSA) is 49.4 Å². The van der Waals surface area contributed by atoms with Crippen LogP contribution in [0.25, 0.3) is 0 Å². The Morgan fingerprint density at radius 2 is 1.73 bits per heavy atom. The highest BCUT2D eigenvalue weighted by molar-refractivity contribution is 5.96. The predicted octanol–water partition coefficient (Wildman–Crippen LogP) is 4.96. The maximum atomic E-state index is 13.8. The van der Waals surface area contributed by atoms with E-state index in [0.29, 0.717) is 42.2 Å². The molecule has 2 saturated heterocycles. The molecule has 2 aliphatic heterocycles. The number of rotatable bonds is 1. The Balaban J connectivity index is 1.41. The predicted molar refractivity (Wildman–Crippen MR) is 118 cm³/mol. The number of carbonyl (C=O) groups is 2. The Morgan fingerprint density at radius 1 is 1.00 bits per heavy atom. The molecule has 3 fully saturated rings. The summed E-state index contributed by atoms with van der Waals surface area (Å²) in [5.41, 5.74) is 2.40. The SMILES string of the molecule is CC1CCCC(C)N1C(=O)C1=CC[C@H]2[C@@H]3CC=C4NC(=O)CC[C@]4(C)[C@H]3CC[C@]12C. The number of nitrogens with zero attached hydrogens (tertiary/aromatic N) is 1. The van der Waals surface area contributed by atoms with Crippen LogP contribution in [0.2, 0.25) is 0 Å². The molecule has 4 nitrogen and oxygen atoms in total. The van der Waals surface area contributed by atoms with E-state index in [2.05, 4.69) is 50.1 Å². The van der Waals surface area contributed by atoms with Crippen LogP contribution in [0.4, 0.5) is 0 Å². The molecule has 0 aromatic rings. The summed E-state index contributed by atoms with van der Waals surface area (Å²) in [6.45, 7) is 9.22. The number of carbonyl (C=O) groups excluding carboxylic acids is 2. The van der Waals surface area contributed by atoms with Crippen LogP contribution in [-0.2, 0) is 9.59 Å². The monoisotopic (exact) mass is 410 g/mol. The highest BCUT2D eigenvalue weighted by Crippen LogP contribution is 2.64. The van der Waals surface area contributed by atoms with Crippen molar-refractivity contribution in [2.24, 2.45) is 28.6 Å². The molecule has 4 heteroatoms. The van der Waals surface area contributed by atoms with Crippen LogP contribution in [0, 0.1) is 28.6 Å². The van der Waals surface area contributed by atoms with Gasteiger partial charge in [-0.3, -0.25) is 9.59 Å². The highest BCUT2D eigenvalue weighted by Gasteiger charge is 2.58. The van der Waals surface area contributed by atoms with E-state index in [1.165, 1.54) is 12.1 Å². The first-order valence-electron chi connectivity index (χ1n) is 12.3. The molecule has 2 heterocycles. The molecule has 1 N–H and O–H groups in total. The van der Waals surface area contributed by atoms with Gasteiger partial charge in [-0.15, -0.1) is 0 Å². The maximum Gasteiger partial charge on any atom is 0.250 e. The van der Waals surface area contributed by atoms with E-state index in [0.717, 1.165) is 50.5 Å². The Morgan fingerprint density at radius 3 is 2.47 bits per heavy atom. The minimum Gasteiger partial charge on any atom is -0.334 e. The molecule has 0 aromatic heterocycles. The number of allylic oxidation sites excluding steroid dienone is 3. The zero-order valence-electron chi connectivity index (χ0n) is 19.2. The number of piperidine rings is 2. The van der Waals surface area contributed by atoms with Gasteiger partial charge in [0.15, 0.2) is 0 Å². The Labute approximate surface area is 181 Å². The summed E-state index contributed by atoms with van der Waals surface area (Å²) in [4.78, 5) is 27.9. The van der Waals surface area contributed by atoms with Crippen LogP contribution in [-0.4, -0.2) is 28.8 Å². The largest absolute Gasteiger partial charge is 0.334 e. The van der Waals surface area contributed by atoms with Gasteiger partial charge in [0, 0.05) is 40.6 Å². The summed E-state index contributed by atoms with van der Waals surface area (Å²) in [7, 11) is 0. The number of fused-ring (bicyclic) bond motifs is 5. The van der Waals surface area contributed by atoms with E-state index in [9.17, 15) is 9.59 Å². The molecule has 2 unspecified atom stereocenters. The molecule has 30 heavy (non-hydrogen) atoms. The van der Waals surface area contributed by atoms with E-state index in [-0.39, 0.29) is 16.7 Å². The number of hydrogen-bond acceptors (Lipinski definition) is 2. The molecule has 0 aromatic carbocycles. The summed E-state index contributed by atoms with van der Waals surface area (Å²) in [5, 5.41) is 3.19. The lowest BCUT2D eigenvalue weighted by Gasteiger charge is -2.57. The molecule has 3 aliphatic carbocycles. The van der Waals surface area contributed by atoms with Crippen LogP contribution in [0.15, 0.2) is 23.4 Å². The van der Waals surface area contributed by atoms with Gasteiger partial charge in [-0.2, -0.15) is 0 Å². The van der Waals surface area contributed by atoms with Gasteiger partial charge < -0.3 is 10.2 Å². The smallest absolute Gasteiger partial charge is 0.250 e. The minimum absolute atomic E-state index is 0.00869. The van der Waals surface area contributed by atoms with Gasteiger partial charge in [0.1, 0.15) is 0 Å². The molecule has 164 valence electrons. The first-order valence-corrected chi connectivity index (χ1v) is 12.3. The third kappa shape index (κ3) is 2.78. The fraction of sp³-hybridized carbons (Fsp3) is 0.769. The van der Waals surface area contributed by atoms with Crippen molar-refractivity contribution in [3.8, 4) is 0 Å². The summed E-state index contributed by atoms with van der Waals surface area (Å²) in [6.07, 6.45) is 14.1. The second-order valence-electron chi connectivity index (χ2n) is 11.3. The van der Waals surface area contributed by atoms with E-state index < -0.39 is 0 Å². The number of hydrogen-bond donors (Lipinski definition) is 1. The van der Waals surface area contributed by atoms with Crippen LogP contribution < -0.4 is 5.32 Å². The van der Waals surface area contributed by atoms with Gasteiger partial charge in [0.2, 0.25) is 5.91 Å². The van der Waals surface area contributed by atoms with Gasteiger partial charge in [-0.05, 0) is 83.0 Å². The zero-order valence-corrected chi connectivity index (χ0v) is 19.2. The molecular weight excluding hydrogens is 372 g/mol. The second-order valence-corrected chi connectivity index (χ2v) is 11.3. The van der Waals surface area contributed by atoms with Crippen molar-refractivity contribution in [2.75, 3.05) is 0 Å². The average molecular weight is 411 g/mol. The van der Waals surface area contributed by atoms with Gasteiger partial charge in [-0.25, -0.2) is 0 Å². The van der Waals surface area contributed by atoms with Crippen LogP contribution in [0.1, 0.15) is 85.5 Å². The van der Waals surface area contributed by atoms with Crippen molar-refractivity contribution < 1.29 is 9.59 Å². The number of likely N-dealkylation sites (tertiary alicyclic amines) is 1. The van der Waals surface area contributed by atoms with E-state index in [1.54, 1.807) is 0 Å². The van der Waals surface area contributed by atoms with Crippen LogP contribution in [0.5, 0.6) is 0 Å². The van der Waals surface area contributed by atoms with E-state index >= 15 is 0 Å². The zero-order chi connectivity index (χ0) is 21.3. The van der Waals surface area contributed by atoms with Crippen LogP contribution in [0.3, 0.4) is 0 Å². The Hall–Kier alpha value is -1.58. The third-order valence-corrected chi connectivity index (χ3v) is 9.85. The minimum atomic E-state index is 0.00869. The highest BCUT2D eigenvalue weighted by atomic mass is 16.2. The van der Waals surface area contributed by atoms with Crippen molar-refractivity contribution in [3.05, 3.63) is 23.4 Å². The summed E-state index contributed by atoms with van der Waals surface area (Å²) in [6, 6.07) is 0.706. The summed E-state index contributed by atoms with van der Waals surface area (Å²) < 4.78 is 0. The van der Waals surface area contributed by atoms with Gasteiger partial charge >= 0.3 is 0 Å². The quantitative estimate of drug-likeness (QED) is 0.664. The van der Waals surface area contributed by atoms with Crippen LogP contribution >= 0.6 is 0 Å². The fourth-order valence-electron chi connectivity index (χ4n) is 8.05. The van der Waals surface area contributed by atoms with Crippen molar-refractivity contribution >= 4 is 11.8 Å². The number of amides is 2. The molecular formula is C26H38N2O2. The summed E-state index contributed by atoms with van der Waals surface area (Å²) in [5.74, 6) is 2.29. The molecule has 7 atom stereocenters. The first kappa shape index (κ1) is 20.3. The lowest BCUT2D eigenvalue weighted by molar-refractivity contribution is -0.135. The molecule has 5 aliphatic rings. The maximum absolute atomic E-state index is 13.8. The van der Waals surface area contributed by atoms with Gasteiger partial charge in [0.05, 0.1) is 0 Å². The summed E-state index contributed by atoms with van der Waals surface area (Å²) >= 11 is 0. The molecule has 0 spiro atoms. The standard InChI is InChI=1S/C26H38N2O2/c1-16-6-5-7-17(2)28(16)24(30)21-10-9-19-18-8-11-22-26(4,15-13-23(29)27-22)20(18)12-14-25(19,21)3/h10-11,16-20H,5-9,12-15H2,1-4H3,(H,27,29)/t16?,17?,18-,19-,20-,25-,26+/m0/s1. The van der Waals surface area contributed by atoms with Crippen molar-refractivity contribution in [2.45, 2.75) is 97.6 Å². The van der Waals surface area contributed by atoms with E-state index in [4.69, 9.17) is 0 Å².